The van der Waals surface area contributed by atoms with Gasteiger partial charge in [0.15, 0.2) is 0 Å². The van der Waals surface area contributed by atoms with Crippen molar-refractivity contribution < 1.29 is 4.79 Å². The van der Waals surface area contributed by atoms with Crippen LogP contribution in [0.1, 0.15) is 47.7 Å². The highest BCUT2D eigenvalue weighted by atomic mass is 32.2. The molecule has 34 heavy (non-hydrogen) atoms. The van der Waals surface area contributed by atoms with Crippen molar-refractivity contribution in [2.75, 3.05) is 18.0 Å². The maximum atomic E-state index is 12.3. The molecule has 9 heteroatoms. The first-order chi connectivity index (χ1) is 16.6. The molecule has 172 valence electrons. The summed E-state index contributed by atoms with van der Waals surface area (Å²) in [5, 5.41) is 9.71. The van der Waals surface area contributed by atoms with Crippen LogP contribution in [0.25, 0.3) is 4.85 Å². The third-order valence-corrected chi connectivity index (χ3v) is 7.36. The lowest BCUT2D eigenvalue weighted by Gasteiger charge is -2.34. The van der Waals surface area contributed by atoms with Crippen molar-refractivity contribution in [2.24, 2.45) is 5.73 Å². The predicted octanol–water partition coefficient (Wildman–Crippen LogP) is 4.42. The van der Waals surface area contributed by atoms with Gasteiger partial charge in [0.2, 0.25) is 11.6 Å². The number of amides is 1. The SMILES string of the molecule is [C-]#[N+]c1c(N2CCC(n3ccnc3)CC2)nc(SC(C(N)=O)c2ccccc2)c(C#N)c1CC. The van der Waals surface area contributed by atoms with Crippen molar-refractivity contribution in [1.29, 1.82) is 5.26 Å². The number of thioether (sulfide) groups is 1. The van der Waals surface area contributed by atoms with Gasteiger partial charge in [0.25, 0.3) is 0 Å². The summed E-state index contributed by atoms with van der Waals surface area (Å²) >= 11 is 1.18. The van der Waals surface area contributed by atoms with E-state index in [0.717, 1.165) is 31.5 Å². The molecule has 1 saturated heterocycles. The Hall–Kier alpha value is -3.82. The van der Waals surface area contributed by atoms with E-state index >= 15 is 0 Å². The Morgan fingerprint density at radius 1 is 1.35 bits per heavy atom. The van der Waals surface area contributed by atoms with Crippen LogP contribution in [0, 0.1) is 17.9 Å². The summed E-state index contributed by atoms with van der Waals surface area (Å²) in [7, 11) is 0. The molecule has 0 saturated carbocycles. The number of hydrogen-bond acceptors (Lipinski definition) is 6. The standard InChI is InChI=1S/C25H25N7OS/c1-3-19-20(15-26)25(34-22(23(27)33)17-7-5-4-6-8-17)30-24(21(19)28-2)31-12-9-18(10-13-31)32-14-11-29-16-32/h4-8,11,14,16,18,22H,3,9-10,12-13H2,1H3,(H2,27,33). The number of benzene rings is 1. The molecule has 2 N–H and O–H groups in total. The molecule has 3 heterocycles. The summed E-state index contributed by atoms with van der Waals surface area (Å²) in [6.45, 7) is 11.2. The predicted molar refractivity (Wildman–Crippen MR) is 132 cm³/mol. The maximum Gasteiger partial charge on any atom is 0.235 e. The third-order valence-electron chi connectivity index (χ3n) is 6.10. The highest BCUT2D eigenvalue weighted by Gasteiger charge is 2.29. The number of pyridine rings is 1. The van der Waals surface area contributed by atoms with Crippen LogP contribution in [0.15, 0.2) is 54.1 Å². The van der Waals surface area contributed by atoms with Gasteiger partial charge in [-0.3, -0.25) is 4.79 Å². The van der Waals surface area contributed by atoms with Gasteiger partial charge in [-0.1, -0.05) is 49.0 Å². The van der Waals surface area contributed by atoms with Crippen molar-refractivity contribution in [3.8, 4) is 6.07 Å². The molecule has 3 aromatic rings. The molecular weight excluding hydrogens is 446 g/mol. The van der Waals surface area contributed by atoms with Crippen molar-refractivity contribution in [2.45, 2.75) is 42.5 Å². The van der Waals surface area contributed by atoms with Crippen molar-refractivity contribution in [3.63, 3.8) is 0 Å². The average Bonchev–Trinajstić information content (AvgIpc) is 3.41. The number of nitrogens with two attached hydrogens (primary N) is 1. The third kappa shape index (κ3) is 4.61. The zero-order valence-corrected chi connectivity index (χ0v) is 19.7. The monoisotopic (exact) mass is 471 g/mol. The highest BCUT2D eigenvalue weighted by molar-refractivity contribution is 8.00. The van der Waals surface area contributed by atoms with E-state index in [4.69, 9.17) is 17.3 Å². The molecule has 1 amide bonds. The van der Waals surface area contributed by atoms with E-state index in [1.807, 2.05) is 49.8 Å². The zero-order chi connectivity index (χ0) is 24.1. The molecule has 0 spiro atoms. The summed E-state index contributed by atoms with van der Waals surface area (Å²) in [4.78, 5) is 27.2. The molecule has 1 atom stereocenters. The van der Waals surface area contributed by atoms with Gasteiger partial charge < -0.3 is 15.2 Å². The molecule has 1 aliphatic heterocycles. The van der Waals surface area contributed by atoms with Gasteiger partial charge in [-0.2, -0.15) is 5.26 Å². The first-order valence-corrected chi connectivity index (χ1v) is 12.0. The Morgan fingerprint density at radius 3 is 2.65 bits per heavy atom. The number of aromatic nitrogens is 3. The second kappa shape index (κ2) is 10.4. The molecular formula is C25H25N7OS. The van der Waals surface area contributed by atoms with Crippen LogP contribution in [0.2, 0.25) is 0 Å². The van der Waals surface area contributed by atoms with E-state index in [9.17, 15) is 10.1 Å². The number of hydrogen-bond donors (Lipinski definition) is 1. The van der Waals surface area contributed by atoms with E-state index in [-0.39, 0.29) is 0 Å². The number of piperidine rings is 1. The van der Waals surface area contributed by atoms with Crippen molar-refractivity contribution in [3.05, 3.63) is 77.2 Å². The molecule has 1 aliphatic rings. The summed E-state index contributed by atoms with van der Waals surface area (Å²) in [5.41, 5.74) is 7.92. The molecule has 0 aliphatic carbocycles. The number of primary amides is 1. The van der Waals surface area contributed by atoms with E-state index in [2.05, 4.69) is 25.4 Å². The van der Waals surface area contributed by atoms with Crippen LogP contribution < -0.4 is 10.6 Å². The molecule has 2 aromatic heterocycles. The number of carbonyl (C=O) groups is 1. The average molecular weight is 472 g/mol. The van der Waals surface area contributed by atoms with Gasteiger partial charge in [-0.15, -0.1) is 0 Å². The number of nitrogens with zero attached hydrogens (tertiary/aromatic N) is 6. The van der Waals surface area contributed by atoms with E-state index in [1.54, 1.807) is 6.20 Å². The van der Waals surface area contributed by atoms with Crippen LogP contribution in [-0.4, -0.2) is 33.5 Å². The molecule has 0 bridgehead atoms. The Labute approximate surface area is 203 Å². The zero-order valence-electron chi connectivity index (χ0n) is 18.9. The summed E-state index contributed by atoms with van der Waals surface area (Å²) < 4.78 is 2.12. The van der Waals surface area contributed by atoms with Gasteiger partial charge in [0, 0.05) is 31.5 Å². The Kier molecular flexibility index (Phi) is 7.15. The fourth-order valence-electron chi connectivity index (χ4n) is 4.36. The van der Waals surface area contributed by atoms with Crippen molar-refractivity contribution >= 4 is 29.2 Å². The highest BCUT2D eigenvalue weighted by Crippen LogP contribution is 2.43. The van der Waals surface area contributed by atoms with E-state index < -0.39 is 11.2 Å². The van der Waals surface area contributed by atoms with Crippen LogP contribution in [0.3, 0.4) is 0 Å². The number of nitriles is 1. The summed E-state index contributed by atoms with van der Waals surface area (Å²) in [5.74, 6) is 0.0746. The van der Waals surface area contributed by atoms with Gasteiger partial charge in [0.1, 0.15) is 22.2 Å². The summed E-state index contributed by atoms with van der Waals surface area (Å²) in [6.07, 6.45) is 7.90. The fourth-order valence-corrected chi connectivity index (χ4v) is 5.42. The topological polar surface area (TPSA) is 105 Å². The van der Waals surface area contributed by atoms with Gasteiger partial charge in [-0.05, 0) is 30.4 Å². The van der Waals surface area contributed by atoms with Crippen LogP contribution in [0.5, 0.6) is 0 Å². The summed E-state index contributed by atoms with van der Waals surface area (Å²) in [6, 6.07) is 11.8. The number of anilines is 1. The lowest BCUT2D eigenvalue weighted by atomic mass is 10.0. The fraction of sp³-hybridized carbons (Fsp3) is 0.320. The lowest BCUT2D eigenvalue weighted by molar-refractivity contribution is -0.117. The number of imidazole rings is 1. The first-order valence-electron chi connectivity index (χ1n) is 11.1. The van der Waals surface area contributed by atoms with Crippen LogP contribution >= 0.6 is 11.8 Å². The number of rotatable bonds is 7. The van der Waals surface area contributed by atoms with Crippen LogP contribution in [-0.2, 0) is 11.2 Å². The second-order valence-electron chi connectivity index (χ2n) is 8.06. The van der Waals surface area contributed by atoms with E-state index in [1.165, 1.54) is 11.8 Å². The molecule has 1 unspecified atom stereocenters. The number of carbonyl (C=O) groups excluding carboxylic acids is 1. The van der Waals surface area contributed by atoms with Gasteiger partial charge >= 0.3 is 0 Å². The quantitative estimate of drug-likeness (QED) is 0.404. The van der Waals surface area contributed by atoms with Gasteiger partial charge in [-0.25, -0.2) is 14.8 Å². The molecule has 4 rings (SSSR count). The molecule has 8 nitrogen and oxygen atoms in total. The largest absolute Gasteiger partial charge is 0.368 e. The molecule has 0 radical (unpaired) electrons. The van der Waals surface area contributed by atoms with Crippen molar-refractivity contribution in [1.82, 2.24) is 14.5 Å². The van der Waals surface area contributed by atoms with E-state index in [0.29, 0.717) is 40.1 Å². The minimum absolute atomic E-state index is 0.345. The first kappa shape index (κ1) is 23.3. The smallest absolute Gasteiger partial charge is 0.235 e. The lowest BCUT2D eigenvalue weighted by Crippen LogP contribution is -2.35. The normalized spacial score (nSPS) is 14.9. The minimum Gasteiger partial charge on any atom is -0.368 e. The van der Waals surface area contributed by atoms with Crippen LogP contribution in [0.4, 0.5) is 11.5 Å². The Balaban J connectivity index is 1.72. The second-order valence-corrected chi connectivity index (χ2v) is 9.15. The van der Waals surface area contributed by atoms with Gasteiger partial charge in [0.05, 0.1) is 18.5 Å². The molecule has 1 aromatic carbocycles. The minimum atomic E-state index is -0.691. The maximum absolute atomic E-state index is 12.3. The molecule has 1 fully saturated rings. The Morgan fingerprint density at radius 2 is 2.09 bits per heavy atom. The Bertz CT molecular complexity index is 1240.